The number of carbonyl (C=O) groups excluding carboxylic acids is 1. The Labute approximate surface area is 128 Å². The third kappa shape index (κ3) is 3.19. The van der Waals surface area contributed by atoms with Gasteiger partial charge in [-0.2, -0.15) is 0 Å². The van der Waals surface area contributed by atoms with Gasteiger partial charge in [0.2, 0.25) is 0 Å². The summed E-state index contributed by atoms with van der Waals surface area (Å²) in [4.78, 5) is 14.1. The van der Waals surface area contributed by atoms with Gasteiger partial charge in [-0.25, -0.2) is 8.78 Å². The Balaban J connectivity index is 2.30. The van der Waals surface area contributed by atoms with E-state index in [-0.39, 0.29) is 22.5 Å². The van der Waals surface area contributed by atoms with Crippen LogP contribution in [-0.4, -0.2) is 29.9 Å². The van der Waals surface area contributed by atoms with E-state index < -0.39 is 17.5 Å². The lowest BCUT2D eigenvalue weighted by molar-refractivity contribution is 0.0646. The van der Waals surface area contributed by atoms with Crippen LogP contribution in [0, 0.1) is 17.6 Å². The summed E-state index contributed by atoms with van der Waals surface area (Å²) in [5, 5.41) is -0.326. The number of carbonyl (C=O) groups is 1. The first kappa shape index (κ1) is 16.2. The fraction of sp³-hybridized carbons (Fsp3) is 0.533. The standard InChI is InChI=1S/C15H19ClF2N2O/c1-2-20(14-5-3-4-9(14)8-19)15(21)10-6-13(18)11(16)7-12(10)17/h6-7,9,14H,2-5,8,19H2,1H3. The van der Waals surface area contributed by atoms with Crippen LogP contribution < -0.4 is 5.73 Å². The van der Waals surface area contributed by atoms with Crippen molar-refractivity contribution in [3.8, 4) is 0 Å². The molecule has 0 aliphatic heterocycles. The zero-order chi connectivity index (χ0) is 15.6. The third-order valence-electron chi connectivity index (χ3n) is 4.16. The molecule has 0 radical (unpaired) electrons. The van der Waals surface area contributed by atoms with Crippen molar-refractivity contribution in [2.24, 2.45) is 11.7 Å². The molecule has 1 saturated carbocycles. The second-order valence-corrected chi connectivity index (χ2v) is 5.74. The van der Waals surface area contributed by atoms with Crippen molar-refractivity contribution in [3.05, 3.63) is 34.4 Å². The first-order valence-electron chi connectivity index (χ1n) is 7.15. The topological polar surface area (TPSA) is 46.3 Å². The number of benzene rings is 1. The number of amides is 1. The summed E-state index contributed by atoms with van der Waals surface area (Å²) in [6, 6.07) is 1.70. The first-order chi connectivity index (χ1) is 9.99. The highest BCUT2D eigenvalue weighted by Crippen LogP contribution is 2.31. The molecular weight excluding hydrogens is 298 g/mol. The SMILES string of the molecule is CCN(C(=O)c1cc(F)c(Cl)cc1F)C1CCCC1CN. The van der Waals surface area contributed by atoms with Gasteiger partial charge in [0, 0.05) is 12.6 Å². The molecule has 2 atom stereocenters. The molecular formula is C15H19ClF2N2O. The van der Waals surface area contributed by atoms with Crippen molar-refractivity contribution < 1.29 is 13.6 Å². The maximum absolute atomic E-state index is 13.9. The van der Waals surface area contributed by atoms with Gasteiger partial charge in [0.25, 0.3) is 5.91 Å². The van der Waals surface area contributed by atoms with Gasteiger partial charge in [-0.15, -0.1) is 0 Å². The number of nitrogens with two attached hydrogens (primary N) is 1. The molecule has 2 unspecified atom stereocenters. The number of rotatable bonds is 4. The Morgan fingerprint density at radius 1 is 1.38 bits per heavy atom. The molecule has 1 aromatic carbocycles. The van der Waals surface area contributed by atoms with Crippen LogP contribution in [-0.2, 0) is 0 Å². The van der Waals surface area contributed by atoms with Crippen LogP contribution >= 0.6 is 11.6 Å². The summed E-state index contributed by atoms with van der Waals surface area (Å²) < 4.78 is 27.4. The van der Waals surface area contributed by atoms with Gasteiger partial charge in [0.05, 0.1) is 10.6 Å². The summed E-state index contributed by atoms with van der Waals surface area (Å²) in [5.74, 6) is -1.88. The van der Waals surface area contributed by atoms with Crippen LogP contribution in [0.1, 0.15) is 36.5 Å². The van der Waals surface area contributed by atoms with E-state index in [9.17, 15) is 13.6 Å². The number of hydrogen-bond donors (Lipinski definition) is 1. The van der Waals surface area contributed by atoms with Crippen molar-refractivity contribution in [1.82, 2.24) is 4.90 Å². The van der Waals surface area contributed by atoms with E-state index in [0.717, 1.165) is 31.4 Å². The molecule has 0 bridgehead atoms. The molecule has 0 saturated heterocycles. The van der Waals surface area contributed by atoms with Crippen molar-refractivity contribution in [3.63, 3.8) is 0 Å². The highest BCUT2D eigenvalue weighted by Gasteiger charge is 2.34. The Morgan fingerprint density at radius 3 is 2.71 bits per heavy atom. The third-order valence-corrected chi connectivity index (χ3v) is 4.45. The van der Waals surface area contributed by atoms with Gasteiger partial charge in [-0.1, -0.05) is 18.0 Å². The molecule has 0 aromatic heterocycles. The van der Waals surface area contributed by atoms with Gasteiger partial charge in [-0.05, 0) is 44.4 Å². The zero-order valence-corrected chi connectivity index (χ0v) is 12.7. The van der Waals surface area contributed by atoms with Crippen LogP contribution in [0.5, 0.6) is 0 Å². The monoisotopic (exact) mass is 316 g/mol. The molecule has 1 aliphatic carbocycles. The van der Waals surface area contributed by atoms with E-state index in [1.165, 1.54) is 0 Å². The predicted molar refractivity (Wildman–Crippen MR) is 78.3 cm³/mol. The minimum atomic E-state index is -0.799. The lowest BCUT2D eigenvalue weighted by Crippen LogP contribution is -2.44. The molecule has 1 amide bonds. The first-order valence-corrected chi connectivity index (χ1v) is 7.53. The Bertz CT molecular complexity index is 539. The quantitative estimate of drug-likeness (QED) is 0.867. The molecule has 1 aromatic rings. The van der Waals surface area contributed by atoms with Crippen molar-refractivity contribution >= 4 is 17.5 Å². The average molecular weight is 317 g/mol. The molecule has 6 heteroatoms. The molecule has 3 nitrogen and oxygen atoms in total. The summed E-state index contributed by atoms with van der Waals surface area (Å²) in [5.41, 5.74) is 5.46. The van der Waals surface area contributed by atoms with E-state index in [1.54, 1.807) is 4.90 Å². The van der Waals surface area contributed by atoms with Crippen LogP contribution in [0.15, 0.2) is 12.1 Å². The zero-order valence-electron chi connectivity index (χ0n) is 11.9. The number of halogens is 3. The average Bonchev–Trinajstić information content (AvgIpc) is 2.91. The van der Waals surface area contributed by atoms with E-state index in [0.29, 0.717) is 13.1 Å². The second kappa shape index (κ2) is 6.71. The van der Waals surface area contributed by atoms with E-state index in [1.807, 2.05) is 6.92 Å². The van der Waals surface area contributed by atoms with Crippen LogP contribution in [0.3, 0.4) is 0 Å². The summed E-state index contributed by atoms with van der Waals surface area (Å²) in [7, 11) is 0. The minimum Gasteiger partial charge on any atom is -0.336 e. The Morgan fingerprint density at radius 2 is 2.10 bits per heavy atom. The van der Waals surface area contributed by atoms with Gasteiger partial charge in [-0.3, -0.25) is 4.79 Å². The molecule has 1 aliphatic rings. The fourth-order valence-electron chi connectivity index (χ4n) is 3.07. The Hall–Kier alpha value is -1.20. The summed E-state index contributed by atoms with van der Waals surface area (Å²) >= 11 is 5.52. The molecule has 0 heterocycles. The molecule has 2 rings (SSSR count). The lowest BCUT2D eigenvalue weighted by atomic mass is 10.0. The van der Waals surface area contributed by atoms with Crippen molar-refractivity contribution in [2.75, 3.05) is 13.1 Å². The van der Waals surface area contributed by atoms with Gasteiger partial charge < -0.3 is 10.6 Å². The fourth-order valence-corrected chi connectivity index (χ4v) is 3.22. The maximum Gasteiger partial charge on any atom is 0.257 e. The smallest absolute Gasteiger partial charge is 0.257 e. The van der Waals surface area contributed by atoms with E-state index in [4.69, 9.17) is 17.3 Å². The largest absolute Gasteiger partial charge is 0.336 e. The van der Waals surface area contributed by atoms with Crippen LogP contribution in [0.2, 0.25) is 5.02 Å². The molecule has 1 fully saturated rings. The lowest BCUT2D eigenvalue weighted by Gasteiger charge is -2.32. The second-order valence-electron chi connectivity index (χ2n) is 5.33. The molecule has 116 valence electrons. The van der Waals surface area contributed by atoms with E-state index in [2.05, 4.69) is 0 Å². The van der Waals surface area contributed by atoms with Crippen molar-refractivity contribution in [2.45, 2.75) is 32.2 Å². The van der Waals surface area contributed by atoms with Crippen molar-refractivity contribution in [1.29, 1.82) is 0 Å². The van der Waals surface area contributed by atoms with Crippen LogP contribution in [0.25, 0.3) is 0 Å². The highest BCUT2D eigenvalue weighted by atomic mass is 35.5. The Kier molecular flexibility index (Phi) is 5.17. The predicted octanol–water partition coefficient (Wildman–Crippen LogP) is 3.21. The summed E-state index contributed by atoms with van der Waals surface area (Å²) in [6.07, 6.45) is 2.80. The van der Waals surface area contributed by atoms with E-state index >= 15 is 0 Å². The highest BCUT2D eigenvalue weighted by molar-refractivity contribution is 6.30. The number of nitrogens with zero attached hydrogens (tertiary/aromatic N) is 1. The number of hydrogen-bond acceptors (Lipinski definition) is 2. The minimum absolute atomic E-state index is 0.00867. The van der Waals surface area contributed by atoms with Crippen LogP contribution in [0.4, 0.5) is 8.78 Å². The van der Waals surface area contributed by atoms with Gasteiger partial charge in [0.1, 0.15) is 11.6 Å². The molecule has 0 spiro atoms. The molecule has 21 heavy (non-hydrogen) atoms. The summed E-state index contributed by atoms with van der Waals surface area (Å²) in [6.45, 7) is 2.75. The van der Waals surface area contributed by atoms with Gasteiger partial charge >= 0.3 is 0 Å². The maximum atomic E-state index is 13.9. The normalized spacial score (nSPS) is 21.6. The molecule has 2 N–H and O–H groups in total. The van der Waals surface area contributed by atoms with Gasteiger partial charge in [0.15, 0.2) is 0 Å².